The maximum absolute atomic E-state index is 13.2. The minimum Gasteiger partial charge on any atom is -0.457 e. The van der Waals surface area contributed by atoms with Gasteiger partial charge in [-0.15, -0.1) is 0 Å². The van der Waals surface area contributed by atoms with E-state index in [1.807, 2.05) is 6.92 Å². The van der Waals surface area contributed by atoms with Gasteiger partial charge >= 0.3 is 0 Å². The highest BCUT2D eigenvalue weighted by Crippen LogP contribution is 2.33. The zero-order valence-corrected chi connectivity index (χ0v) is 14.4. The first-order valence-electron chi connectivity index (χ1n) is 6.80. The van der Waals surface area contributed by atoms with Gasteiger partial charge in [0.2, 0.25) is 0 Å². The molecule has 7 heteroatoms. The van der Waals surface area contributed by atoms with Crippen molar-refractivity contribution in [1.29, 1.82) is 0 Å². The average molecular weight is 368 g/mol. The lowest BCUT2D eigenvalue weighted by Crippen LogP contribution is -2.27. The summed E-state index contributed by atoms with van der Waals surface area (Å²) in [6, 6.07) is 7.85. The van der Waals surface area contributed by atoms with Gasteiger partial charge in [0.05, 0.1) is 9.93 Å². The fraction of sp³-hybridized carbons (Fsp3) is 0.125. The van der Waals surface area contributed by atoms with Crippen LogP contribution in [0, 0.1) is 5.82 Å². The van der Waals surface area contributed by atoms with Crippen LogP contribution in [0.3, 0.4) is 0 Å². The number of thioether (sulfide) groups is 1. The normalized spacial score (nSPS) is 16.7. The predicted molar refractivity (Wildman–Crippen MR) is 94.7 cm³/mol. The minimum atomic E-state index is -0.481. The maximum Gasteiger partial charge on any atom is 0.266 e. The standard InChI is InChI=1S/C16H11ClFNO2S2/c1-2-19-15(20)14(23-16(19)22)8-10-4-6-13(21-10)9-3-5-12(18)11(17)7-9/h3-8H,2H2,1H3. The van der Waals surface area contributed by atoms with Gasteiger partial charge in [0, 0.05) is 18.2 Å². The van der Waals surface area contributed by atoms with Crippen molar-refractivity contribution in [3.05, 3.63) is 51.8 Å². The van der Waals surface area contributed by atoms with Crippen molar-refractivity contribution in [3.63, 3.8) is 0 Å². The zero-order chi connectivity index (χ0) is 16.6. The maximum atomic E-state index is 13.2. The van der Waals surface area contributed by atoms with Crippen LogP contribution in [-0.2, 0) is 4.79 Å². The van der Waals surface area contributed by atoms with E-state index in [0.717, 1.165) is 0 Å². The van der Waals surface area contributed by atoms with Crippen molar-refractivity contribution in [1.82, 2.24) is 4.90 Å². The summed E-state index contributed by atoms with van der Waals surface area (Å²) in [7, 11) is 0. The van der Waals surface area contributed by atoms with Crippen LogP contribution < -0.4 is 0 Å². The lowest BCUT2D eigenvalue weighted by atomic mass is 10.2. The van der Waals surface area contributed by atoms with E-state index < -0.39 is 5.82 Å². The number of halogens is 2. The molecule has 1 amide bonds. The van der Waals surface area contributed by atoms with Crippen molar-refractivity contribution in [2.24, 2.45) is 0 Å². The molecule has 0 radical (unpaired) electrons. The van der Waals surface area contributed by atoms with Crippen molar-refractivity contribution in [2.75, 3.05) is 6.54 Å². The molecule has 0 atom stereocenters. The molecule has 1 aromatic carbocycles. The summed E-state index contributed by atoms with van der Waals surface area (Å²) in [5.41, 5.74) is 0.664. The number of nitrogens with zero attached hydrogens (tertiary/aromatic N) is 1. The second-order valence-electron chi connectivity index (χ2n) is 4.76. The highest BCUT2D eigenvalue weighted by Gasteiger charge is 2.30. The number of furan rings is 1. The van der Waals surface area contributed by atoms with Crippen LogP contribution >= 0.6 is 35.6 Å². The molecule has 0 aliphatic carbocycles. The van der Waals surface area contributed by atoms with E-state index in [1.54, 1.807) is 24.3 Å². The Morgan fingerprint density at radius 2 is 2.17 bits per heavy atom. The van der Waals surface area contributed by atoms with E-state index in [9.17, 15) is 9.18 Å². The van der Waals surface area contributed by atoms with E-state index in [1.165, 1.54) is 28.8 Å². The van der Waals surface area contributed by atoms with Gasteiger partial charge in [-0.1, -0.05) is 35.6 Å². The van der Waals surface area contributed by atoms with Gasteiger partial charge < -0.3 is 4.42 Å². The molecule has 0 unspecified atom stereocenters. The fourth-order valence-corrected chi connectivity index (χ4v) is 3.68. The molecule has 0 bridgehead atoms. The fourth-order valence-electron chi connectivity index (χ4n) is 2.14. The molecule has 3 nitrogen and oxygen atoms in total. The topological polar surface area (TPSA) is 33.5 Å². The molecule has 1 aliphatic rings. The third-order valence-electron chi connectivity index (χ3n) is 3.29. The third kappa shape index (κ3) is 3.20. The highest BCUT2D eigenvalue weighted by atomic mass is 35.5. The quantitative estimate of drug-likeness (QED) is 0.567. The van der Waals surface area contributed by atoms with E-state index in [0.29, 0.717) is 32.9 Å². The number of hydrogen-bond donors (Lipinski definition) is 0. The second kappa shape index (κ2) is 6.47. The van der Waals surface area contributed by atoms with E-state index in [4.69, 9.17) is 28.2 Å². The van der Waals surface area contributed by atoms with Gasteiger partial charge in [-0.2, -0.15) is 0 Å². The summed E-state index contributed by atoms with van der Waals surface area (Å²) in [5, 5.41) is 0.0317. The Morgan fingerprint density at radius 1 is 1.39 bits per heavy atom. The molecule has 0 saturated carbocycles. The number of amides is 1. The number of thiocarbonyl (C=S) groups is 1. The Bertz CT molecular complexity index is 831. The Morgan fingerprint density at radius 3 is 2.83 bits per heavy atom. The number of rotatable bonds is 3. The number of benzene rings is 1. The highest BCUT2D eigenvalue weighted by molar-refractivity contribution is 8.26. The summed E-state index contributed by atoms with van der Waals surface area (Å²) in [6.07, 6.45) is 1.66. The smallest absolute Gasteiger partial charge is 0.266 e. The first-order chi connectivity index (χ1) is 11.0. The number of carbonyl (C=O) groups is 1. The van der Waals surface area contributed by atoms with Crippen LogP contribution in [-0.4, -0.2) is 21.7 Å². The van der Waals surface area contributed by atoms with Gasteiger partial charge in [0.15, 0.2) is 0 Å². The summed E-state index contributed by atoms with van der Waals surface area (Å²) in [4.78, 5) is 14.2. The third-order valence-corrected chi connectivity index (χ3v) is 4.96. The van der Waals surface area contributed by atoms with Crippen LogP contribution in [0.4, 0.5) is 4.39 Å². The lowest BCUT2D eigenvalue weighted by molar-refractivity contribution is -0.121. The molecule has 1 saturated heterocycles. The van der Waals surface area contributed by atoms with Crippen LogP contribution in [0.5, 0.6) is 0 Å². The lowest BCUT2D eigenvalue weighted by Gasteiger charge is -2.09. The molecular weight excluding hydrogens is 357 g/mol. The number of carbonyl (C=O) groups excluding carboxylic acids is 1. The first kappa shape index (κ1) is 16.2. The Balaban J connectivity index is 1.88. The van der Waals surface area contributed by atoms with E-state index >= 15 is 0 Å². The first-order valence-corrected chi connectivity index (χ1v) is 8.40. The van der Waals surface area contributed by atoms with Crippen LogP contribution in [0.2, 0.25) is 5.02 Å². The molecule has 0 spiro atoms. The van der Waals surface area contributed by atoms with Crippen molar-refractivity contribution >= 4 is 51.9 Å². The monoisotopic (exact) mass is 367 g/mol. The summed E-state index contributed by atoms with van der Waals surface area (Å²) in [5.74, 6) is 0.469. The van der Waals surface area contributed by atoms with Gasteiger partial charge in [-0.3, -0.25) is 9.69 Å². The summed E-state index contributed by atoms with van der Waals surface area (Å²) >= 11 is 12.2. The number of hydrogen-bond acceptors (Lipinski definition) is 4. The van der Waals surface area contributed by atoms with Gasteiger partial charge in [-0.25, -0.2) is 4.39 Å². The van der Waals surface area contributed by atoms with Gasteiger partial charge in [0.25, 0.3) is 5.91 Å². The predicted octanol–water partition coefficient (Wildman–Crippen LogP) is 4.96. The van der Waals surface area contributed by atoms with E-state index in [-0.39, 0.29) is 10.9 Å². The molecule has 23 heavy (non-hydrogen) atoms. The summed E-state index contributed by atoms with van der Waals surface area (Å²) in [6.45, 7) is 2.41. The van der Waals surface area contributed by atoms with Crippen molar-refractivity contribution in [2.45, 2.75) is 6.92 Å². The van der Waals surface area contributed by atoms with Gasteiger partial charge in [-0.05, 0) is 37.3 Å². The molecule has 1 aliphatic heterocycles. The van der Waals surface area contributed by atoms with Crippen LogP contribution in [0.15, 0.2) is 39.7 Å². The van der Waals surface area contributed by atoms with Crippen molar-refractivity contribution in [3.8, 4) is 11.3 Å². The average Bonchev–Trinajstić information content (AvgIpc) is 3.08. The number of likely N-dealkylation sites (N-methyl/N-ethyl adjacent to an activating group) is 1. The van der Waals surface area contributed by atoms with Crippen LogP contribution in [0.1, 0.15) is 12.7 Å². The molecule has 3 rings (SSSR count). The molecule has 118 valence electrons. The Kier molecular flexibility index (Phi) is 4.57. The van der Waals surface area contributed by atoms with Crippen molar-refractivity contribution < 1.29 is 13.6 Å². The molecule has 1 fully saturated rings. The van der Waals surface area contributed by atoms with E-state index in [2.05, 4.69) is 0 Å². The molecule has 2 aromatic rings. The molecule has 2 heterocycles. The Labute approximate surface area is 147 Å². The summed E-state index contributed by atoms with van der Waals surface area (Å²) < 4.78 is 19.4. The van der Waals surface area contributed by atoms with Crippen LogP contribution in [0.25, 0.3) is 17.4 Å². The minimum absolute atomic E-state index is 0.0317. The zero-order valence-electron chi connectivity index (χ0n) is 12.0. The molecular formula is C16H11ClFNO2S2. The second-order valence-corrected chi connectivity index (χ2v) is 6.84. The molecule has 1 aromatic heterocycles. The largest absolute Gasteiger partial charge is 0.457 e. The Hall–Kier alpha value is -1.63. The molecule has 0 N–H and O–H groups in total. The van der Waals surface area contributed by atoms with Gasteiger partial charge in [0.1, 0.15) is 21.7 Å². The SMILES string of the molecule is CCN1C(=O)C(=Cc2ccc(-c3ccc(F)c(Cl)c3)o2)SC1=S.